The molecule has 5 heteroatoms. The maximum Gasteiger partial charge on any atom is 0.154 e. The van der Waals surface area contributed by atoms with Crippen LogP contribution in [0, 0.1) is 0 Å². The Labute approximate surface area is 114 Å². The quantitative estimate of drug-likeness (QED) is 0.461. The van der Waals surface area contributed by atoms with Crippen molar-refractivity contribution in [1.82, 2.24) is 9.80 Å². The highest BCUT2D eigenvalue weighted by molar-refractivity contribution is 6.37. The largest absolute Gasteiger partial charge is 0.353 e. The topological polar surface area (TPSA) is 24.9 Å². The first-order valence-corrected chi connectivity index (χ1v) is 9.29. The number of likely N-dealkylation sites (N-methyl/N-ethyl adjacent to an activating group) is 2. The molecule has 0 aromatic carbocycles. The number of hydrogen-bond acceptors (Lipinski definition) is 4. The number of hydrogen-bond donors (Lipinski definition) is 0. The summed E-state index contributed by atoms with van der Waals surface area (Å²) in [6.07, 6.45) is 0.0321. The van der Waals surface area contributed by atoms with E-state index in [4.69, 9.17) is 9.47 Å². The normalized spacial score (nSPS) is 19.8. The van der Waals surface area contributed by atoms with Crippen LogP contribution < -0.4 is 0 Å². The first-order chi connectivity index (χ1) is 8.76. The Hall–Kier alpha value is 0.0569. The standard InChI is InChI=1S/C13H30N2O2Si/c1-5-14-9-10-15(6-2)13(14)18-11-12(16-7-3)17-8-4/h12-13H,5-11,18H2,1-4H3. The van der Waals surface area contributed by atoms with E-state index in [1.54, 1.807) is 0 Å². The van der Waals surface area contributed by atoms with Gasteiger partial charge in [-0.1, -0.05) is 13.8 Å². The fourth-order valence-corrected chi connectivity index (χ4v) is 5.28. The van der Waals surface area contributed by atoms with Gasteiger partial charge < -0.3 is 9.47 Å². The molecule has 0 aliphatic carbocycles. The molecule has 0 aromatic heterocycles. The van der Waals surface area contributed by atoms with Crippen LogP contribution in [0.25, 0.3) is 0 Å². The van der Waals surface area contributed by atoms with E-state index in [-0.39, 0.29) is 15.8 Å². The van der Waals surface area contributed by atoms with Gasteiger partial charge in [-0.2, -0.15) is 0 Å². The maximum atomic E-state index is 5.66. The highest BCUT2D eigenvalue weighted by Crippen LogP contribution is 2.15. The Morgan fingerprint density at radius 1 is 1.00 bits per heavy atom. The van der Waals surface area contributed by atoms with Gasteiger partial charge in [0.15, 0.2) is 6.29 Å². The van der Waals surface area contributed by atoms with E-state index in [1.807, 2.05) is 13.8 Å². The predicted molar refractivity (Wildman–Crippen MR) is 78.7 cm³/mol. The summed E-state index contributed by atoms with van der Waals surface area (Å²) >= 11 is 0. The van der Waals surface area contributed by atoms with Crippen LogP contribution in [0.4, 0.5) is 0 Å². The Balaban J connectivity index is 2.42. The van der Waals surface area contributed by atoms with Gasteiger partial charge >= 0.3 is 0 Å². The molecule has 1 rings (SSSR count). The lowest BCUT2D eigenvalue weighted by molar-refractivity contribution is -0.123. The second-order valence-corrected chi connectivity index (χ2v) is 6.54. The fraction of sp³-hybridized carbons (Fsp3) is 1.00. The minimum Gasteiger partial charge on any atom is -0.353 e. The summed E-state index contributed by atoms with van der Waals surface area (Å²) in [4.78, 5) is 5.23. The van der Waals surface area contributed by atoms with Crippen molar-refractivity contribution in [2.45, 2.75) is 45.8 Å². The van der Waals surface area contributed by atoms with Crippen molar-refractivity contribution in [2.75, 3.05) is 39.4 Å². The zero-order chi connectivity index (χ0) is 13.4. The summed E-state index contributed by atoms with van der Waals surface area (Å²) in [5.74, 6) is 0.711. The van der Waals surface area contributed by atoms with Crippen LogP contribution in [0.3, 0.4) is 0 Å². The second kappa shape index (κ2) is 9.04. The molecule has 0 aromatic rings. The van der Waals surface area contributed by atoms with Gasteiger partial charge in [0, 0.05) is 32.1 Å². The Morgan fingerprint density at radius 3 is 1.89 bits per heavy atom. The van der Waals surface area contributed by atoms with Gasteiger partial charge in [-0.15, -0.1) is 0 Å². The average Bonchev–Trinajstić information content (AvgIpc) is 2.78. The molecule has 1 fully saturated rings. The smallest absolute Gasteiger partial charge is 0.154 e. The summed E-state index contributed by atoms with van der Waals surface area (Å²) in [6, 6.07) is 1.12. The number of nitrogens with zero attached hydrogens (tertiary/aromatic N) is 2. The van der Waals surface area contributed by atoms with Gasteiger partial charge in [0.25, 0.3) is 0 Å². The van der Waals surface area contributed by atoms with Crippen molar-refractivity contribution in [2.24, 2.45) is 0 Å². The summed E-state index contributed by atoms with van der Waals surface area (Å²) in [5.41, 5.74) is 0. The van der Waals surface area contributed by atoms with Gasteiger partial charge in [0.1, 0.15) is 0 Å². The van der Waals surface area contributed by atoms with Gasteiger partial charge in [-0.05, 0) is 33.0 Å². The molecule has 108 valence electrons. The van der Waals surface area contributed by atoms with Crippen LogP contribution in [0.5, 0.6) is 0 Å². The molecular weight excluding hydrogens is 244 g/mol. The molecule has 1 saturated heterocycles. The van der Waals surface area contributed by atoms with E-state index < -0.39 is 0 Å². The highest BCUT2D eigenvalue weighted by Gasteiger charge is 2.30. The zero-order valence-electron chi connectivity index (χ0n) is 12.5. The van der Waals surface area contributed by atoms with Crippen molar-refractivity contribution in [1.29, 1.82) is 0 Å². The summed E-state index contributed by atoms with van der Waals surface area (Å²) in [5, 5.41) is 0. The van der Waals surface area contributed by atoms with Gasteiger partial charge in [0.2, 0.25) is 0 Å². The molecule has 18 heavy (non-hydrogen) atoms. The monoisotopic (exact) mass is 274 g/mol. The molecular formula is C13H30N2O2Si. The van der Waals surface area contributed by atoms with Crippen LogP contribution >= 0.6 is 0 Å². The lowest BCUT2D eigenvalue weighted by atomic mass is 10.6. The van der Waals surface area contributed by atoms with E-state index in [1.165, 1.54) is 26.2 Å². The van der Waals surface area contributed by atoms with Crippen molar-refractivity contribution >= 4 is 9.52 Å². The Kier molecular flexibility index (Phi) is 8.09. The number of rotatable bonds is 9. The second-order valence-electron chi connectivity index (χ2n) is 4.66. The van der Waals surface area contributed by atoms with E-state index >= 15 is 0 Å². The highest BCUT2D eigenvalue weighted by atomic mass is 28.2. The lowest BCUT2D eigenvalue weighted by Crippen LogP contribution is -2.44. The molecule has 0 bridgehead atoms. The molecule has 1 aliphatic heterocycles. The zero-order valence-corrected chi connectivity index (χ0v) is 13.9. The van der Waals surface area contributed by atoms with Crippen molar-refractivity contribution < 1.29 is 9.47 Å². The molecule has 0 radical (unpaired) electrons. The molecule has 0 saturated carbocycles. The minimum atomic E-state index is -0.215. The van der Waals surface area contributed by atoms with Gasteiger partial charge in [-0.25, -0.2) is 0 Å². The first-order valence-electron chi connectivity index (χ1n) is 7.47. The van der Waals surface area contributed by atoms with Crippen LogP contribution in [-0.4, -0.2) is 70.8 Å². The number of ether oxygens (including phenoxy) is 2. The third kappa shape index (κ3) is 4.62. The summed E-state index contributed by atoms with van der Waals surface area (Å²) < 4.78 is 11.3. The third-order valence-electron chi connectivity index (χ3n) is 3.70. The predicted octanol–water partition coefficient (Wildman–Crippen LogP) is 0.914. The molecule has 4 nitrogen and oxygen atoms in total. The van der Waals surface area contributed by atoms with Crippen LogP contribution in [0.2, 0.25) is 6.04 Å². The molecule has 0 spiro atoms. The van der Waals surface area contributed by atoms with Gasteiger partial charge in [0.05, 0.1) is 9.52 Å². The molecule has 0 amide bonds. The SMILES string of the molecule is CCOC(C[SiH2]C1N(CC)CCN1CC)OCC. The van der Waals surface area contributed by atoms with E-state index in [0.29, 0.717) is 5.79 Å². The van der Waals surface area contributed by atoms with Crippen LogP contribution in [-0.2, 0) is 9.47 Å². The van der Waals surface area contributed by atoms with E-state index in [2.05, 4.69) is 23.6 Å². The molecule has 1 aliphatic rings. The van der Waals surface area contributed by atoms with Crippen molar-refractivity contribution in [3.63, 3.8) is 0 Å². The molecule has 1 heterocycles. The van der Waals surface area contributed by atoms with E-state index in [0.717, 1.165) is 19.3 Å². The Morgan fingerprint density at radius 2 is 1.50 bits per heavy atom. The first kappa shape index (κ1) is 16.1. The maximum absolute atomic E-state index is 5.66. The molecule has 0 N–H and O–H groups in total. The summed E-state index contributed by atoms with van der Waals surface area (Å²) in [6.45, 7) is 14.9. The Bertz CT molecular complexity index is 201. The third-order valence-corrected chi connectivity index (χ3v) is 6.05. The molecule has 0 unspecified atom stereocenters. The lowest BCUT2D eigenvalue weighted by Gasteiger charge is -2.30. The van der Waals surface area contributed by atoms with Crippen LogP contribution in [0.1, 0.15) is 27.7 Å². The summed E-state index contributed by atoms with van der Waals surface area (Å²) in [7, 11) is -0.215. The average molecular weight is 274 g/mol. The van der Waals surface area contributed by atoms with Crippen LogP contribution in [0.15, 0.2) is 0 Å². The molecule has 0 atom stereocenters. The van der Waals surface area contributed by atoms with E-state index in [9.17, 15) is 0 Å². The minimum absolute atomic E-state index is 0.0321. The fourth-order valence-electron chi connectivity index (χ4n) is 2.76. The van der Waals surface area contributed by atoms with Gasteiger partial charge in [-0.3, -0.25) is 9.80 Å². The van der Waals surface area contributed by atoms with Crippen molar-refractivity contribution in [3.05, 3.63) is 0 Å². The van der Waals surface area contributed by atoms with Crippen molar-refractivity contribution in [3.8, 4) is 0 Å².